The maximum Gasteiger partial charge on any atom is 0.416 e. The van der Waals surface area contributed by atoms with Gasteiger partial charge < -0.3 is 9.84 Å². The van der Waals surface area contributed by atoms with Crippen LogP contribution in [0, 0.1) is 0 Å². The van der Waals surface area contributed by atoms with Crippen LogP contribution >= 0.6 is 0 Å². The zero-order valence-electron chi connectivity index (χ0n) is 12.8. The van der Waals surface area contributed by atoms with Gasteiger partial charge in [0.25, 0.3) is 0 Å². The largest absolute Gasteiger partial charge is 0.496 e. The van der Waals surface area contributed by atoms with Gasteiger partial charge in [0.1, 0.15) is 5.75 Å². The number of carbonyl (C=O) groups is 1. The van der Waals surface area contributed by atoms with Gasteiger partial charge in [-0.1, -0.05) is 30.3 Å². The molecule has 2 aromatic carbocycles. The number of methoxy groups -OCH3 is 1. The summed E-state index contributed by atoms with van der Waals surface area (Å²) in [6.45, 7) is -0.224. The fourth-order valence-electron chi connectivity index (χ4n) is 2.12. The lowest BCUT2D eigenvalue weighted by Crippen LogP contribution is -2.04. The molecular formula is C18H15F3O3. The molecule has 126 valence electrons. The fourth-order valence-corrected chi connectivity index (χ4v) is 2.12. The van der Waals surface area contributed by atoms with Crippen LogP contribution in [0.3, 0.4) is 0 Å². The highest BCUT2D eigenvalue weighted by Crippen LogP contribution is 2.29. The van der Waals surface area contributed by atoms with Crippen molar-refractivity contribution in [2.45, 2.75) is 12.8 Å². The third-order valence-corrected chi connectivity index (χ3v) is 3.38. The molecule has 0 radical (unpaired) electrons. The molecule has 0 bridgehead atoms. The Morgan fingerprint density at radius 2 is 1.96 bits per heavy atom. The lowest BCUT2D eigenvalue weighted by molar-refractivity contribution is -0.137. The van der Waals surface area contributed by atoms with E-state index in [1.165, 1.54) is 43.5 Å². The molecule has 0 unspecified atom stereocenters. The van der Waals surface area contributed by atoms with Gasteiger partial charge in [0.05, 0.1) is 19.3 Å². The number of hydrogen-bond acceptors (Lipinski definition) is 3. The van der Waals surface area contributed by atoms with Crippen LogP contribution in [0.5, 0.6) is 5.75 Å². The number of halogens is 3. The van der Waals surface area contributed by atoms with Crippen molar-refractivity contribution in [1.29, 1.82) is 0 Å². The maximum atomic E-state index is 12.7. The van der Waals surface area contributed by atoms with Crippen LogP contribution in [-0.2, 0) is 12.8 Å². The number of ether oxygens (including phenoxy) is 1. The second kappa shape index (κ2) is 7.31. The summed E-state index contributed by atoms with van der Waals surface area (Å²) in [5, 5.41) is 9.15. The molecule has 6 heteroatoms. The van der Waals surface area contributed by atoms with Crippen molar-refractivity contribution < 1.29 is 27.8 Å². The highest BCUT2D eigenvalue weighted by molar-refractivity contribution is 6.07. The molecule has 0 heterocycles. The second-order valence-corrected chi connectivity index (χ2v) is 5.01. The summed E-state index contributed by atoms with van der Waals surface area (Å²) < 4.78 is 43.1. The number of hydrogen-bond donors (Lipinski definition) is 1. The smallest absolute Gasteiger partial charge is 0.416 e. The van der Waals surface area contributed by atoms with E-state index in [-0.39, 0.29) is 18.0 Å². The minimum atomic E-state index is -4.43. The van der Waals surface area contributed by atoms with Crippen LogP contribution in [0.1, 0.15) is 27.0 Å². The Balaban J connectivity index is 2.22. The number of alkyl halides is 3. The Bertz CT molecular complexity index is 764. The Morgan fingerprint density at radius 1 is 1.21 bits per heavy atom. The minimum absolute atomic E-state index is 0.224. The standard InChI is InChI=1S/C18H15F3O3/c1-24-17-10-13(6-7-14(17)11-22)16(23)8-5-12-3-2-4-15(9-12)18(19,20)21/h2-10,22H,11H2,1H3. The quantitative estimate of drug-likeness (QED) is 0.660. The zero-order valence-corrected chi connectivity index (χ0v) is 12.8. The first-order valence-corrected chi connectivity index (χ1v) is 7.02. The number of rotatable bonds is 5. The first-order chi connectivity index (χ1) is 11.3. The van der Waals surface area contributed by atoms with Gasteiger partial charge in [0.2, 0.25) is 0 Å². The molecular weight excluding hydrogens is 321 g/mol. The van der Waals surface area contributed by atoms with E-state index in [1.54, 1.807) is 6.07 Å². The van der Waals surface area contributed by atoms with E-state index in [9.17, 15) is 18.0 Å². The van der Waals surface area contributed by atoms with Crippen LogP contribution in [-0.4, -0.2) is 18.0 Å². The van der Waals surface area contributed by atoms with Crippen molar-refractivity contribution in [2.24, 2.45) is 0 Å². The van der Waals surface area contributed by atoms with Gasteiger partial charge in [-0.2, -0.15) is 13.2 Å². The molecule has 2 aromatic rings. The normalized spacial score (nSPS) is 11.7. The predicted molar refractivity (Wildman–Crippen MR) is 83.7 cm³/mol. The molecule has 0 saturated carbocycles. The van der Waals surface area contributed by atoms with Gasteiger partial charge in [0, 0.05) is 11.1 Å². The molecule has 0 atom stereocenters. The first kappa shape index (κ1) is 17.7. The summed E-state index contributed by atoms with van der Waals surface area (Å²) >= 11 is 0. The molecule has 0 aliphatic rings. The van der Waals surface area contributed by atoms with Gasteiger partial charge in [-0.25, -0.2) is 0 Å². The molecule has 0 amide bonds. The van der Waals surface area contributed by atoms with E-state index in [4.69, 9.17) is 9.84 Å². The van der Waals surface area contributed by atoms with E-state index in [0.717, 1.165) is 12.1 Å². The average Bonchev–Trinajstić information content (AvgIpc) is 2.58. The van der Waals surface area contributed by atoms with Crippen molar-refractivity contribution in [3.8, 4) is 5.75 Å². The highest BCUT2D eigenvalue weighted by atomic mass is 19.4. The molecule has 0 fully saturated rings. The molecule has 3 nitrogen and oxygen atoms in total. The molecule has 0 aromatic heterocycles. The topological polar surface area (TPSA) is 46.5 Å². The first-order valence-electron chi connectivity index (χ1n) is 7.02. The number of allylic oxidation sites excluding steroid dienone is 1. The summed E-state index contributed by atoms with van der Waals surface area (Å²) in [5.41, 5.74) is 0.353. The van der Waals surface area contributed by atoms with Gasteiger partial charge in [-0.15, -0.1) is 0 Å². The number of carbonyl (C=O) groups excluding carboxylic acids is 1. The third-order valence-electron chi connectivity index (χ3n) is 3.38. The van der Waals surface area contributed by atoms with Crippen molar-refractivity contribution in [3.05, 3.63) is 70.8 Å². The van der Waals surface area contributed by atoms with Crippen LogP contribution < -0.4 is 4.74 Å². The Kier molecular flexibility index (Phi) is 5.41. The number of benzene rings is 2. The lowest BCUT2D eigenvalue weighted by Gasteiger charge is -2.07. The summed E-state index contributed by atoms with van der Waals surface area (Å²) in [5.74, 6) is -0.00831. The second-order valence-electron chi connectivity index (χ2n) is 5.01. The van der Waals surface area contributed by atoms with Crippen LogP contribution in [0.2, 0.25) is 0 Å². The molecule has 0 aliphatic heterocycles. The van der Waals surface area contributed by atoms with Crippen molar-refractivity contribution in [3.63, 3.8) is 0 Å². The Morgan fingerprint density at radius 3 is 2.58 bits per heavy atom. The monoisotopic (exact) mass is 336 g/mol. The summed E-state index contributed by atoms with van der Waals surface area (Å²) in [4.78, 5) is 12.1. The summed E-state index contributed by atoms with van der Waals surface area (Å²) in [6.07, 6.45) is -1.91. The molecule has 0 saturated heterocycles. The number of aliphatic hydroxyl groups excluding tert-OH is 1. The zero-order chi connectivity index (χ0) is 17.7. The summed E-state index contributed by atoms with van der Waals surface area (Å²) in [7, 11) is 1.42. The number of ketones is 1. The van der Waals surface area contributed by atoms with Crippen molar-refractivity contribution >= 4 is 11.9 Å². The van der Waals surface area contributed by atoms with Crippen LogP contribution in [0.4, 0.5) is 13.2 Å². The molecule has 2 rings (SSSR count). The molecule has 0 spiro atoms. The van der Waals surface area contributed by atoms with Gasteiger partial charge >= 0.3 is 6.18 Å². The molecule has 24 heavy (non-hydrogen) atoms. The van der Waals surface area contributed by atoms with Gasteiger partial charge in [-0.05, 0) is 29.8 Å². The number of aliphatic hydroxyl groups is 1. The van der Waals surface area contributed by atoms with E-state index in [1.807, 2.05) is 0 Å². The van der Waals surface area contributed by atoms with E-state index in [2.05, 4.69) is 0 Å². The fraction of sp³-hybridized carbons (Fsp3) is 0.167. The minimum Gasteiger partial charge on any atom is -0.496 e. The van der Waals surface area contributed by atoms with E-state index < -0.39 is 11.7 Å². The van der Waals surface area contributed by atoms with Crippen molar-refractivity contribution in [1.82, 2.24) is 0 Å². The van der Waals surface area contributed by atoms with Gasteiger partial charge in [0.15, 0.2) is 5.78 Å². The SMILES string of the molecule is COc1cc(C(=O)C=Cc2cccc(C(F)(F)F)c2)ccc1CO. The predicted octanol–water partition coefficient (Wildman–Crippen LogP) is 4.10. The van der Waals surface area contributed by atoms with E-state index in [0.29, 0.717) is 16.9 Å². The van der Waals surface area contributed by atoms with Crippen LogP contribution in [0.15, 0.2) is 48.5 Å². The maximum absolute atomic E-state index is 12.7. The molecule has 0 aliphatic carbocycles. The third kappa shape index (κ3) is 4.23. The Hall–Kier alpha value is -2.60. The van der Waals surface area contributed by atoms with Crippen molar-refractivity contribution in [2.75, 3.05) is 7.11 Å². The Labute approximate surface area is 137 Å². The van der Waals surface area contributed by atoms with E-state index >= 15 is 0 Å². The highest BCUT2D eigenvalue weighted by Gasteiger charge is 2.30. The van der Waals surface area contributed by atoms with Crippen LogP contribution in [0.25, 0.3) is 6.08 Å². The molecule has 1 N–H and O–H groups in total. The lowest BCUT2D eigenvalue weighted by atomic mass is 10.1. The average molecular weight is 336 g/mol. The van der Waals surface area contributed by atoms with Gasteiger partial charge in [-0.3, -0.25) is 4.79 Å². The summed E-state index contributed by atoms with van der Waals surface area (Å²) in [6, 6.07) is 9.26.